The standard InChI is InChI=1S/C22H17B4N7O/c1-32-12-27-11-17(32)13-2-3-16-15(8-13)9-18(31-30-16)29-20(34)14-4-7-28-19(10-14)33-21(23,24)5-6-22(33,25)26/h2-4,7-12H,5-6H2,1H3,(H,29,31,34). The Balaban J connectivity index is 1.42. The number of hydrogen-bond acceptors (Lipinski definition) is 6. The lowest BCUT2D eigenvalue weighted by molar-refractivity contribution is 0.102. The van der Waals surface area contributed by atoms with Crippen molar-refractivity contribution in [2.45, 2.75) is 23.5 Å². The molecule has 158 valence electrons. The van der Waals surface area contributed by atoms with Crippen molar-refractivity contribution >= 4 is 59.8 Å². The molecule has 1 saturated heterocycles. The maximum atomic E-state index is 13.0. The van der Waals surface area contributed by atoms with Crippen LogP contribution in [0, 0.1) is 0 Å². The highest BCUT2D eigenvalue weighted by Gasteiger charge is 2.43. The van der Waals surface area contributed by atoms with E-state index >= 15 is 0 Å². The molecule has 1 N–H and O–H groups in total. The van der Waals surface area contributed by atoms with Gasteiger partial charge < -0.3 is 14.8 Å². The summed E-state index contributed by atoms with van der Waals surface area (Å²) in [5.74, 6) is 0.210. The molecule has 1 amide bonds. The number of rotatable bonds is 4. The quantitative estimate of drug-likeness (QED) is 0.483. The minimum Gasteiger partial charge on any atom is -0.380 e. The van der Waals surface area contributed by atoms with Gasteiger partial charge in [-0.2, -0.15) is 0 Å². The van der Waals surface area contributed by atoms with Gasteiger partial charge in [0.15, 0.2) is 5.82 Å². The first-order valence-corrected chi connectivity index (χ1v) is 10.6. The first kappa shape index (κ1) is 22.3. The number of nitrogens with one attached hydrogen (secondary N) is 1. The SMILES string of the molecule is [B]C1([B])CCC([B])([B])N1c1cc(C(=O)Nc2cc3cc(-c4cncn4C)ccc3nn2)ccn1. The summed E-state index contributed by atoms with van der Waals surface area (Å²) in [4.78, 5) is 22.8. The number of hydrogen-bond donors (Lipinski definition) is 1. The third-order valence-corrected chi connectivity index (χ3v) is 5.93. The molecule has 4 aromatic rings. The number of carbonyl (C=O) groups is 1. The number of anilines is 2. The molecule has 3 aromatic heterocycles. The van der Waals surface area contributed by atoms with Crippen molar-refractivity contribution in [2.24, 2.45) is 7.05 Å². The summed E-state index contributed by atoms with van der Waals surface area (Å²) >= 11 is 0. The van der Waals surface area contributed by atoms with Gasteiger partial charge in [-0.3, -0.25) is 4.79 Å². The Bertz CT molecular complexity index is 1390. The topological polar surface area (TPSA) is 88.8 Å². The van der Waals surface area contributed by atoms with Gasteiger partial charge in [0, 0.05) is 29.8 Å². The van der Waals surface area contributed by atoms with Crippen LogP contribution in [-0.4, -0.2) is 72.7 Å². The van der Waals surface area contributed by atoms with Crippen LogP contribution in [0.25, 0.3) is 22.2 Å². The lowest BCUT2D eigenvalue weighted by Crippen LogP contribution is -2.56. The van der Waals surface area contributed by atoms with E-state index in [0.29, 0.717) is 35.6 Å². The van der Waals surface area contributed by atoms with E-state index in [9.17, 15) is 4.79 Å². The van der Waals surface area contributed by atoms with Gasteiger partial charge in [0.25, 0.3) is 5.91 Å². The molecule has 8 radical (unpaired) electrons. The maximum Gasteiger partial charge on any atom is 0.257 e. The molecule has 4 heterocycles. The summed E-state index contributed by atoms with van der Waals surface area (Å²) in [7, 11) is 26.6. The van der Waals surface area contributed by atoms with Gasteiger partial charge in [-0.1, -0.05) is 6.07 Å². The summed E-state index contributed by atoms with van der Waals surface area (Å²) in [6.07, 6.45) is 5.76. The molecule has 0 saturated carbocycles. The van der Waals surface area contributed by atoms with Crippen LogP contribution in [0.4, 0.5) is 11.6 Å². The van der Waals surface area contributed by atoms with Crippen LogP contribution in [-0.2, 0) is 7.05 Å². The molecule has 34 heavy (non-hydrogen) atoms. The molecule has 12 heteroatoms. The first-order chi connectivity index (χ1) is 16.1. The second-order valence-corrected chi connectivity index (χ2v) is 8.57. The summed E-state index contributed by atoms with van der Waals surface area (Å²) in [6, 6.07) is 10.7. The van der Waals surface area contributed by atoms with Gasteiger partial charge in [-0.25, -0.2) is 9.97 Å². The molecular formula is C22H17B4N7O. The van der Waals surface area contributed by atoms with E-state index < -0.39 is 16.6 Å². The molecule has 0 aliphatic carbocycles. The molecule has 1 aliphatic rings. The molecule has 5 rings (SSSR count). The zero-order chi connectivity index (χ0) is 24.1. The number of benzene rings is 1. The number of imidazole rings is 1. The van der Waals surface area contributed by atoms with Crippen molar-refractivity contribution in [2.75, 3.05) is 10.2 Å². The van der Waals surface area contributed by atoms with E-state index in [1.54, 1.807) is 30.7 Å². The molecule has 8 nitrogen and oxygen atoms in total. The lowest BCUT2D eigenvalue weighted by atomic mass is 9.58. The summed E-state index contributed by atoms with van der Waals surface area (Å²) in [5.41, 5.74) is 2.95. The van der Waals surface area contributed by atoms with Crippen LogP contribution in [0.2, 0.25) is 0 Å². The van der Waals surface area contributed by atoms with Crippen molar-refractivity contribution in [3.05, 3.63) is 60.7 Å². The second kappa shape index (κ2) is 8.04. The number of fused-ring (bicyclic) bond motifs is 1. The van der Waals surface area contributed by atoms with Gasteiger partial charge in [0.05, 0.1) is 55.1 Å². The van der Waals surface area contributed by atoms with Crippen LogP contribution in [0.5, 0.6) is 0 Å². The largest absolute Gasteiger partial charge is 0.380 e. The number of pyridine rings is 1. The fourth-order valence-corrected chi connectivity index (χ4v) is 4.21. The molecule has 1 aromatic carbocycles. The second-order valence-electron chi connectivity index (χ2n) is 8.57. The highest BCUT2D eigenvalue weighted by molar-refractivity contribution is 6.48. The van der Waals surface area contributed by atoms with Gasteiger partial charge in [-0.15, -0.1) is 10.2 Å². The lowest BCUT2D eigenvalue weighted by Gasteiger charge is -2.44. The van der Waals surface area contributed by atoms with E-state index in [2.05, 4.69) is 25.5 Å². The average molecular weight is 439 g/mol. The van der Waals surface area contributed by atoms with Gasteiger partial charge >= 0.3 is 0 Å². The van der Waals surface area contributed by atoms with Crippen molar-refractivity contribution in [3.63, 3.8) is 0 Å². The highest BCUT2D eigenvalue weighted by atomic mass is 16.1. The zero-order valence-electron chi connectivity index (χ0n) is 18.5. The van der Waals surface area contributed by atoms with Crippen LogP contribution in [0.1, 0.15) is 23.2 Å². The summed E-state index contributed by atoms with van der Waals surface area (Å²) in [6.45, 7) is 0. The molecule has 0 bridgehead atoms. The number of nitrogens with zero attached hydrogens (tertiary/aromatic N) is 6. The smallest absolute Gasteiger partial charge is 0.257 e. The highest BCUT2D eigenvalue weighted by Crippen LogP contribution is 2.37. The summed E-state index contributed by atoms with van der Waals surface area (Å²) in [5, 5.41) is 9.38. The monoisotopic (exact) mass is 439 g/mol. The Morgan fingerprint density at radius 1 is 1.03 bits per heavy atom. The Labute approximate surface area is 202 Å². The number of amides is 1. The van der Waals surface area contributed by atoms with E-state index in [4.69, 9.17) is 31.4 Å². The maximum absolute atomic E-state index is 13.0. The van der Waals surface area contributed by atoms with E-state index in [-0.39, 0.29) is 0 Å². The minimum atomic E-state index is -1.28. The Hall–Kier alpha value is -3.55. The van der Waals surface area contributed by atoms with Crippen LogP contribution < -0.4 is 10.2 Å². The fraction of sp³-hybridized carbons (Fsp3) is 0.227. The predicted octanol–water partition coefficient (Wildman–Crippen LogP) is 1.26. The molecule has 0 atom stereocenters. The van der Waals surface area contributed by atoms with Crippen molar-refractivity contribution in [1.82, 2.24) is 24.7 Å². The number of aryl methyl sites for hydroxylation is 1. The van der Waals surface area contributed by atoms with Crippen molar-refractivity contribution in [3.8, 4) is 11.3 Å². The van der Waals surface area contributed by atoms with E-state index in [1.807, 2.05) is 29.8 Å². The Morgan fingerprint density at radius 2 is 1.79 bits per heavy atom. The van der Waals surface area contributed by atoms with Gasteiger partial charge in [0.1, 0.15) is 5.82 Å². The van der Waals surface area contributed by atoms with Crippen molar-refractivity contribution < 1.29 is 4.79 Å². The molecular weight excluding hydrogens is 422 g/mol. The average Bonchev–Trinajstić information content (AvgIpc) is 3.32. The van der Waals surface area contributed by atoms with E-state index in [1.165, 1.54) is 11.1 Å². The minimum absolute atomic E-state index is 0.304. The third-order valence-electron chi connectivity index (χ3n) is 5.93. The first-order valence-electron chi connectivity index (χ1n) is 10.6. The summed E-state index contributed by atoms with van der Waals surface area (Å²) < 4.78 is 1.93. The van der Waals surface area contributed by atoms with Crippen molar-refractivity contribution in [1.29, 1.82) is 0 Å². The number of carbonyl (C=O) groups excluding carboxylic acids is 1. The predicted molar refractivity (Wildman–Crippen MR) is 134 cm³/mol. The number of aromatic nitrogens is 5. The molecule has 0 spiro atoms. The third kappa shape index (κ3) is 3.97. The zero-order valence-corrected chi connectivity index (χ0v) is 18.5. The molecule has 0 unspecified atom stereocenters. The van der Waals surface area contributed by atoms with E-state index in [0.717, 1.165) is 16.6 Å². The van der Waals surface area contributed by atoms with Gasteiger partial charge in [-0.05, 0) is 53.8 Å². The fourth-order valence-electron chi connectivity index (χ4n) is 4.21. The van der Waals surface area contributed by atoms with Crippen LogP contribution in [0.3, 0.4) is 0 Å². The Morgan fingerprint density at radius 3 is 2.50 bits per heavy atom. The van der Waals surface area contributed by atoms with Crippen LogP contribution in [0.15, 0.2) is 55.1 Å². The van der Waals surface area contributed by atoms with Gasteiger partial charge in [0.2, 0.25) is 0 Å². The Kier molecular flexibility index (Phi) is 5.26. The normalized spacial score (nSPS) is 16.6. The van der Waals surface area contributed by atoms with Crippen LogP contribution >= 0.6 is 0 Å². The molecule has 1 fully saturated rings. The molecule has 1 aliphatic heterocycles.